The minimum absolute atomic E-state index is 0.0255. The molecule has 0 unspecified atom stereocenters. The molecule has 0 aliphatic carbocycles. The highest BCUT2D eigenvalue weighted by molar-refractivity contribution is 5.97. The minimum Gasteiger partial charge on any atom is -0.486 e. The lowest BCUT2D eigenvalue weighted by Gasteiger charge is -2.32. The third kappa shape index (κ3) is 5.96. The Labute approximate surface area is 263 Å². The van der Waals surface area contributed by atoms with E-state index in [9.17, 15) is 9.59 Å². The van der Waals surface area contributed by atoms with E-state index in [4.69, 9.17) is 15.2 Å². The van der Waals surface area contributed by atoms with Gasteiger partial charge in [0.1, 0.15) is 6.61 Å². The average Bonchev–Trinajstić information content (AvgIpc) is 3.52. The van der Waals surface area contributed by atoms with Crippen LogP contribution in [0.4, 0.5) is 20.3 Å². The van der Waals surface area contributed by atoms with Crippen molar-refractivity contribution in [2.24, 2.45) is 11.7 Å². The van der Waals surface area contributed by atoms with Crippen LogP contribution in [0.5, 0.6) is 11.5 Å². The van der Waals surface area contributed by atoms with Crippen LogP contribution < -0.4 is 20.5 Å². The van der Waals surface area contributed by atoms with Gasteiger partial charge in [-0.2, -0.15) is 4.39 Å². The molecule has 1 amide bonds. The number of carbonyl (C=O) groups excluding carboxylic acids is 2. The fraction of sp³-hybridized carbons (Fsp3) is 0.242. The SMILES string of the molecule is Cc1c(C(=O)N2CCC(CN)CC2)ccc(Nc2nccn3c(-c4ccc(OCc5cccnc5)c(F)c4F)cnc23)c1OC=O. The molecule has 1 saturated heterocycles. The summed E-state index contributed by atoms with van der Waals surface area (Å²) in [5.41, 5.74) is 8.29. The number of nitrogens with zero attached hydrogens (tertiary/aromatic N) is 5. The first-order valence-electron chi connectivity index (χ1n) is 14.7. The monoisotopic (exact) mass is 627 g/mol. The van der Waals surface area contributed by atoms with Crippen molar-refractivity contribution in [1.82, 2.24) is 24.3 Å². The van der Waals surface area contributed by atoms with Crippen molar-refractivity contribution in [3.05, 3.63) is 95.7 Å². The number of benzene rings is 2. The van der Waals surface area contributed by atoms with Crippen molar-refractivity contribution in [2.75, 3.05) is 25.0 Å². The molecule has 5 aromatic rings. The average molecular weight is 628 g/mol. The quantitative estimate of drug-likeness (QED) is 0.204. The molecule has 3 aromatic heterocycles. The van der Waals surface area contributed by atoms with Gasteiger partial charge in [0, 0.05) is 60.1 Å². The van der Waals surface area contributed by atoms with E-state index >= 15 is 8.78 Å². The first-order chi connectivity index (χ1) is 22.4. The molecule has 0 radical (unpaired) electrons. The highest BCUT2D eigenvalue weighted by Crippen LogP contribution is 2.36. The van der Waals surface area contributed by atoms with Gasteiger partial charge in [0.25, 0.3) is 12.4 Å². The summed E-state index contributed by atoms with van der Waals surface area (Å²) in [7, 11) is 0. The fourth-order valence-electron chi connectivity index (χ4n) is 5.58. The van der Waals surface area contributed by atoms with Gasteiger partial charge in [0.15, 0.2) is 28.8 Å². The molecule has 6 rings (SSSR count). The Hall–Kier alpha value is -5.43. The zero-order chi connectivity index (χ0) is 32.2. The third-order valence-corrected chi connectivity index (χ3v) is 8.16. The number of nitrogens with one attached hydrogen (secondary N) is 1. The number of hydrogen-bond donors (Lipinski definition) is 2. The second-order valence-corrected chi connectivity index (χ2v) is 10.9. The molecule has 4 heterocycles. The van der Waals surface area contributed by atoms with Crippen molar-refractivity contribution in [3.63, 3.8) is 0 Å². The summed E-state index contributed by atoms with van der Waals surface area (Å²) in [4.78, 5) is 39.4. The maximum absolute atomic E-state index is 15.4. The molecular weight excluding hydrogens is 596 g/mol. The Morgan fingerprint density at radius 2 is 1.91 bits per heavy atom. The summed E-state index contributed by atoms with van der Waals surface area (Å²) in [5.74, 6) is -1.81. The summed E-state index contributed by atoms with van der Waals surface area (Å²) < 4.78 is 42.8. The summed E-state index contributed by atoms with van der Waals surface area (Å²) >= 11 is 0. The number of ether oxygens (including phenoxy) is 2. The molecular formula is C33H31F2N7O4. The highest BCUT2D eigenvalue weighted by atomic mass is 19.2. The van der Waals surface area contributed by atoms with Crippen LogP contribution in [0.2, 0.25) is 0 Å². The molecule has 2 aromatic carbocycles. The van der Waals surface area contributed by atoms with Crippen LogP contribution in [0.15, 0.2) is 67.4 Å². The number of aromatic nitrogens is 4. The summed E-state index contributed by atoms with van der Waals surface area (Å²) in [6.07, 6.45) is 9.30. The molecule has 3 N–H and O–H groups in total. The number of amides is 1. The van der Waals surface area contributed by atoms with Crippen LogP contribution in [0, 0.1) is 24.5 Å². The first kappa shape index (κ1) is 30.6. The third-order valence-electron chi connectivity index (χ3n) is 8.16. The second kappa shape index (κ2) is 13.3. The molecule has 1 aliphatic heterocycles. The number of halogens is 2. The lowest BCUT2D eigenvalue weighted by atomic mass is 9.96. The van der Waals surface area contributed by atoms with Crippen LogP contribution in [0.1, 0.15) is 34.3 Å². The van der Waals surface area contributed by atoms with Gasteiger partial charge in [0.05, 0.1) is 17.6 Å². The zero-order valence-electron chi connectivity index (χ0n) is 25.0. The number of anilines is 2. The van der Waals surface area contributed by atoms with E-state index in [1.165, 1.54) is 24.5 Å². The van der Waals surface area contributed by atoms with Crippen molar-refractivity contribution < 1.29 is 27.8 Å². The van der Waals surface area contributed by atoms with Crippen molar-refractivity contribution in [3.8, 4) is 22.8 Å². The standard InChI is InChI=1S/C33H31F2N7O4/c1-20-23(33(44)41-12-8-21(15-36)9-13-41)4-6-25(30(20)46-19-43)40-31-32-39-17-26(42(32)14-11-38-31)24-5-7-27(29(35)28(24)34)45-18-22-3-2-10-37-16-22/h2-7,10-11,14,16-17,19,21H,8-9,12-13,15,18,36H2,1H3,(H,38,40). The van der Waals surface area contributed by atoms with E-state index in [1.54, 1.807) is 59.1 Å². The lowest BCUT2D eigenvalue weighted by molar-refractivity contribution is -0.120. The zero-order valence-corrected chi connectivity index (χ0v) is 25.0. The number of fused-ring (bicyclic) bond motifs is 1. The highest BCUT2D eigenvalue weighted by Gasteiger charge is 2.26. The van der Waals surface area contributed by atoms with Crippen LogP contribution in [0.3, 0.4) is 0 Å². The number of nitrogens with two attached hydrogens (primary N) is 1. The molecule has 46 heavy (non-hydrogen) atoms. The Morgan fingerprint density at radius 3 is 2.65 bits per heavy atom. The van der Waals surface area contributed by atoms with Crippen LogP contribution in [-0.4, -0.2) is 56.3 Å². The van der Waals surface area contributed by atoms with Crippen LogP contribution in [0.25, 0.3) is 16.9 Å². The van der Waals surface area contributed by atoms with E-state index in [0.29, 0.717) is 53.6 Å². The summed E-state index contributed by atoms with van der Waals surface area (Å²) in [6.45, 7) is 3.81. The van der Waals surface area contributed by atoms with Gasteiger partial charge in [-0.05, 0) is 62.6 Å². The molecule has 1 fully saturated rings. The van der Waals surface area contributed by atoms with E-state index in [1.807, 2.05) is 0 Å². The Kier molecular flexibility index (Phi) is 8.83. The normalized spacial score (nSPS) is 13.5. The van der Waals surface area contributed by atoms with E-state index in [2.05, 4.69) is 20.3 Å². The first-order valence-corrected chi connectivity index (χ1v) is 14.7. The Balaban J connectivity index is 1.27. The van der Waals surface area contributed by atoms with Crippen molar-refractivity contribution in [1.29, 1.82) is 0 Å². The number of carbonyl (C=O) groups is 2. The molecule has 11 nitrogen and oxygen atoms in total. The number of likely N-dealkylation sites (tertiary alicyclic amines) is 1. The minimum atomic E-state index is -1.13. The summed E-state index contributed by atoms with van der Waals surface area (Å²) in [5, 5.41) is 3.12. The van der Waals surface area contributed by atoms with E-state index < -0.39 is 11.6 Å². The van der Waals surface area contributed by atoms with E-state index in [0.717, 1.165) is 12.8 Å². The predicted octanol–water partition coefficient (Wildman–Crippen LogP) is 5.05. The smallest absolute Gasteiger partial charge is 0.298 e. The van der Waals surface area contributed by atoms with Crippen LogP contribution >= 0.6 is 0 Å². The lowest BCUT2D eigenvalue weighted by Crippen LogP contribution is -2.40. The second-order valence-electron chi connectivity index (χ2n) is 10.9. The molecule has 1 aliphatic rings. The summed E-state index contributed by atoms with van der Waals surface area (Å²) in [6, 6.07) is 9.56. The van der Waals surface area contributed by atoms with Crippen LogP contribution in [-0.2, 0) is 11.4 Å². The van der Waals surface area contributed by atoms with Gasteiger partial charge in [0.2, 0.25) is 5.82 Å². The maximum atomic E-state index is 15.4. The van der Waals surface area contributed by atoms with Crippen molar-refractivity contribution in [2.45, 2.75) is 26.4 Å². The molecule has 236 valence electrons. The van der Waals surface area contributed by atoms with Gasteiger partial charge in [-0.25, -0.2) is 14.4 Å². The fourth-order valence-corrected chi connectivity index (χ4v) is 5.58. The number of pyridine rings is 1. The number of imidazole rings is 1. The Morgan fingerprint density at radius 1 is 1.09 bits per heavy atom. The van der Waals surface area contributed by atoms with Gasteiger partial charge >= 0.3 is 0 Å². The number of hydrogen-bond acceptors (Lipinski definition) is 9. The van der Waals surface area contributed by atoms with E-state index in [-0.39, 0.29) is 47.6 Å². The topological polar surface area (TPSA) is 137 Å². The molecule has 0 bridgehead atoms. The molecule has 13 heteroatoms. The maximum Gasteiger partial charge on any atom is 0.298 e. The van der Waals surface area contributed by atoms with Crippen molar-refractivity contribution >= 4 is 29.5 Å². The number of piperidine rings is 1. The predicted molar refractivity (Wildman–Crippen MR) is 166 cm³/mol. The van der Waals surface area contributed by atoms with Gasteiger partial charge in [-0.15, -0.1) is 0 Å². The van der Waals surface area contributed by atoms with Gasteiger partial charge in [-0.1, -0.05) is 6.07 Å². The largest absolute Gasteiger partial charge is 0.486 e. The van der Waals surface area contributed by atoms with Gasteiger partial charge < -0.3 is 25.4 Å². The number of rotatable bonds is 10. The Bertz CT molecular complexity index is 1890. The molecule has 0 saturated carbocycles. The molecule has 0 atom stereocenters. The van der Waals surface area contributed by atoms with Gasteiger partial charge in [-0.3, -0.25) is 19.0 Å². The molecule has 0 spiro atoms.